The molecule has 0 spiro atoms. The Kier molecular flexibility index (Phi) is 4.89. The first-order chi connectivity index (χ1) is 13.6. The Labute approximate surface area is 179 Å². The maximum atomic E-state index is 12.4. The van der Waals surface area contributed by atoms with E-state index in [0.717, 1.165) is 23.1 Å². The van der Waals surface area contributed by atoms with Crippen molar-refractivity contribution in [1.82, 2.24) is 4.90 Å². The number of rotatable bonds is 2. The molecule has 2 aliphatic rings. The molecule has 0 saturated carbocycles. The highest BCUT2D eigenvalue weighted by atomic mass is 35.5. The molecule has 1 aromatic heterocycles. The average molecular weight is 469 g/mol. The second-order valence-electron chi connectivity index (χ2n) is 6.01. The summed E-state index contributed by atoms with van der Waals surface area (Å²) in [6.45, 7) is 0. The minimum atomic E-state index is -3.71. The molecule has 0 unspecified atom stereocenters. The minimum absolute atomic E-state index is 0.0218. The predicted molar refractivity (Wildman–Crippen MR) is 114 cm³/mol. The molecular formula is C17H10Cl2N4O4S2. The lowest BCUT2D eigenvalue weighted by Crippen LogP contribution is -2.45. The summed E-state index contributed by atoms with van der Waals surface area (Å²) in [7, 11) is -3.71. The second kappa shape index (κ2) is 7.13. The van der Waals surface area contributed by atoms with E-state index in [4.69, 9.17) is 33.0 Å². The molecule has 0 bridgehead atoms. The lowest BCUT2D eigenvalue weighted by atomic mass is 10.1. The van der Waals surface area contributed by atoms with Crippen molar-refractivity contribution in [1.29, 1.82) is 5.41 Å². The van der Waals surface area contributed by atoms with E-state index in [1.165, 1.54) is 6.08 Å². The van der Waals surface area contributed by atoms with Crippen LogP contribution in [-0.2, 0) is 14.6 Å². The van der Waals surface area contributed by atoms with Crippen LogP contribution in [0.3, 0.4) is 0 Å². The van der Waals surface area contributed by atoms with E-state index in [9.17, 15) is 13.2 Å². The summed E-state index contributed by atoms with van der Waals surface area (Å²) in [5.41, 5.74) is 0.555. The number of sulfone groups is 1. The van der Waals surface area contributed by atoms with E-state index >= 15 is 0 Å². The number of hydrogen-bond acceptors (Lipinski definition) is 7. The molecule has 2 aromatic rings. The molecule has 29 heavy (non-hydrogen) atoms. The zero-order valence-corrected chi connectivity index (χ0v) is 17.7. The standard InChI is InChI=1S/C17H10Cl2N4O4S2/c1-29(25,26)17-22-28-16-21-15(24)10(14(20)23(16)17)7-9-3-5-13(27-9)8-2-4-11(18)12(19)6-8/h2-7,20H,1H3/b10-7-,20-14?. The van der Waals surface area contributed by atoms with Gasteiger partial charge in [-0.05, 0) is 36.4 Å². The van der Waals surface area contributed by atoms with Crippen LogP contribution < -0.4 is 0 Å². The molecule has 12 heteroatoms. The van der Waals surface area contributed by atoms with Crippen molar-refractivity contribution in [3.63, 3.8) is 0 Å². The molecule has 3 heterocycles. The fourth-order valence-electron chi connectivity index (χ4n) is 2.61. The minimum Gasteiger partial charge on any atom is -0.457 e. The summed E-state index contributed by atoms with van der Waals surface area (Å²) in [5.74, 6) is -0.278. The van der Waals surface area contributed by atoms with Gasteiger partial charge in [-0.25, -0.2) is 13.3 Å². The Morgan fingerprint density at radius 2 is 1.97 bits per heavy atom. The Morgan fingerprint density at radius 3 is 2.66 bits per heavy atom. The van der Waals surface area contributed by atoms with Crippen LogP contribution in [0.4, 0.5) is 0 Å². The molecule has 4 rings (SSSR count). The number of carbonyl (C=O) groups is 1. The monoisotopic (exact) mass is 468 g/mol. The molecule has 148 valence electrons. The van der Waals surface area contributed by atoms with E-state index in [0.29, 0.717) is 21.4 Å². The highest BCUT2D eigenvalue weighted by Gasteiger charge is 2.41. The van der Waals surface area contributed by atoms with Gasteiger partial charge in [-0.2, -0.15) is 9.39 Å². The van der Waals surface area contributed by atoms with Gasteiger partial charge in [-0.1, -0.05) is 23.2 Å². The predicted octanol–water partition coefficient (Wildman–Crippen LogP) is 3.87. The Hall–Kier alpha value is -2.40. The van der Waals surface area contributed by atoms with E-state index in [2.05, 4.69) is 9.39 Å². The first-order valence-electron chi connectivity index (χ1n) is 7.89. The maximum Gasteiger partial charge on any atom is 0.283 e. The van der Waals surface area contributed by atoms with Gasteiger partial charge in [-0.3, -0.25) is 10.2 Å². The van der Waals surface area contributed by atoms with Gasteiger partial charge < -0.3 is 4.42 Å². The van der Waals surface area contributed by atoms with Gasteiger partial charge >= 0.3 is 0 Å². The second-order valence-corrected chi connectivity index (χ2v) is 9.46. The number of nitrogens with zero attached hydrogens (tertiary/aromatic N) is 3. The van der Waals surface area contributed by atoms with Crippen LogP contribution in [0.25, 0.3) is 17.4 Å². The van der Waals surface area contributed by atoms with Crippen LogP contribution in [0, 0.1) is 5.41 Å². The molecule has 8 nitrogen and oxygen atoms in total. The molecular weight excluding hydrogens is 459 g/mol. The number of amidine groups is 3. The highest BCUT2D eigenvalue weighted by Crippen LogP contribution is 2.32. The van der Waals surface area contributed by atoms with Crippen molar-refractivity contribution in [2.45, 2.75) is 0 Å². The number of nitrogens with one attached hydrogen (secondary N) is 1. The van der Waals surface area contributed by atoms with E-state index in [-0.39, 0.29) is 27.5 Å². The smallest absolute Gasteiger partial charge is 0.283 e. The van der Waals surface area contributed by atoms with Gasteiger partial charge in [-0.15, -0.1) is 0 Å². The highest BCUT2D eigenvalue weighted by molar-refractivity contribution is 8.16. The van der Waals surface area contributed by atoms with Gasteiger partial charge in [0.05, 0.1) is 27.6 Å². The molecule has 0 radical (unpaired) electrons. The van der Waals surface area contributed by atoms with Crippen molar-refractivity contribution in [2.75, 3.05) is 6.26 Å². The lowest BCUT2D eigenvalue weighted by Gasteiger charge is -2.23. The number of aliphatic imine (C=N–C) groups is 1. The molecule has 0 saturated heterocycles. The number of hydrogen-bond donors (Lipinski definition) is 1. The number of fused-ring (bicyclic) bond motifs is 1. The summed E-state index contributed by atoms with van der Waals surface area (Å²) < 4.78 is 33.4. The van der Waals surface area contributed by atoms with Crippen LogP contribution >= 0.6 is 35.1 Å². The largest absolute Gasteiger partial charge is 0.457 e. The first kappa shape index (κ1) is 19.9. The molecule has 0 aliphatic carbocycles. The van der Waals surface area contributed by atoms with E-state index in [1.807, 2.05) is 0 Å². The molecule has 1 aromatic carbocycles. The van der Waals surface area contributed by atoms with Gasteiger partial charge in [0.1, 0.15) is 17.4 Å². The summed E-state index contributed by atoms with van der Waals surface area (Å²) in [4.78, 5) is 17.2. The van der Waals surface area contributed by atoms with Gasteiger partial charge in [0, 0.05) is 11.8 Å². The Bertz CT molecular complexity index is 1280. The van der Waals surface area contributed by atoms with Gasteiger partial charge in [0.25, 0.3) is 5.91 Å². The third-order valence-electron chi connectivity index (χ3n) is 3.94. The van der Waals surface area contributed by atoms with Gasteiger partial charge in [0.2, 0.25) is 20.2 Å². The van der Waals surface area contributed by atoms with Crippen molar-refractivity contribution in [2.24, 2.45) is 9.39 Å². The third kappa shape index (κ3) is 3.64. The topological polar surface area (TPSA) is 116 Å². The number of furan rings is 1. The summed E-state index contributed by atoms with van der Waals surface area (Å²) in [5, 5.41) is 8.76. The Morgan fingerprint density at radius 1 is 1.21 bits per heavy atom. The molecule has 1 amide bonds. The number of carbonyl (C=O) groups excluding carboxylic acids is 1. The molecule has 0 fully saturated rings. The zero-order chi connectivity index (χ0) is 20.9. The van der Waals surface area contributed by atoms with E-state index < -0.39 is 15.7 Å². The first-order valence-corrected chi connectivity index (χ1v) is 11.3. The maximum absolute atomic E-state index is 12.4. The van der Waals surface area contributed by atoms with Crippen molar-refractivity contribution in [3.05, 3.63) is 51.7 Å². The molecule has 1 N–H and O–H groups in total. The lowest BCUT2D eigenvalue weighted by molar-refractivity contribution is -0.114. The third-order valence-corrected chi connectivity index (χ3v) is 6.44. The van der Waals surface area contributed by atoms with Crippen LogP contribution in [0.15, 0.2) is 49.7 Å². The fourth-order valence-corrected chi connectivity index (χ4v) is 4.76. The number of halogens is 2. The van der Waals surface area contributed by atoms with Crippen LogP contribution in [0.1, 0.15) is 5.76 Å². The fraction of sp³-hybridized carbons (Fsp3) is 0.0588. The van der Waals surface area contributed by atoms with Crippen LogP contribution in [0.2, 0.25) is 10.0 Å². The number of amides is 1. The molecule has 2 aliphatic heterocycles. The summed E-state index contributed by atoms with van der Waals surface area (Å²) in [6, 6.07) is 8.28. The van der Waals surface area contributed by atoms with Crippen molar-refractivity contribution in [3.8, 4) is 11.3 Å². The normalized spacial score (nSPS) is 18.2. The summed E-state index contributed by atoms with van der Waals surface area (Å²) in [6.07, 6.45) is 2.30. The van der Waals surface area contributed by atoms with E-state index in [1.54, 1.807) is 30.3 Å². The van der Waals surface area contributed by atoms with Crippen molar-refractivity contribution >= 4 is 73.1 Å². The quantitative estimate of drug-likeness (QED) is 0.527. The Balaban J connectivity index is 1.69. The number of benzene rings is 1. The van der Waals surface area contributed by atoms with Crippen molar-refractivity contribution < 1.29 is 17.6 Å². The summed E-state index contributed by atoms with van der Waals surface area (Å²) >= 11 is 12.7. The average Bonchev–Trinajstić information content (AvgIpc) is 3.27. The van der Waals surface area contributed by atoms with Gasteiger partial charge in [0.15, 0.2) is 0 Å². The van der Waals surface area contributed by atoms with Crippen LogP contribution in [0.5, 0.6) is 0 Å². The molecule has 0 atom stereocenters. The zero-order valence-electron chi connectivity index (χ0n) is 14.5. The SMILES string of the molecule is CS(=O)(=O)C1=NSC2=NC(=O)/C(=C\c3ccc(-c4ccc(Cl)c(Cl)c4)o3)C(=N)N21. The van der Waals surface area contributed by atoms with Crippen LogP contribution in [-0.4, -0.2) is 41.7 Å².